The molecule has 3 aromatic rings. The van der Waals surface area contributed by atoms with Crippen LogP contribution in [0.15, 0.2) is 83.5 Å². The third-order valence-corrected chi connectivity index (χ3v) is 5.93. The Morgan fingerprint density at radius 2 is 1.59 bits per heavy atom. The van der Waals surface area contributed by atoms with Gasteiger partial charge < -0.3 is 10.6 Å². The zero-order valence-electron chi connectivity index (χ0n) is 18.4. The molecule has 4 rings (SSSR count). The van der Waals surface area contributed by atoms with E-state index in [-0.39, 0.29) is 22.6 Å². The second kappa shape index (κ2) is 9.71. The fraction of sp³-hybridized carbons (Fsp3) is 0.115. The molecule has 0 aliphatic carbocycles. The molecule has 1 aliphatic rings. The summed E-state index contributed by atoms with van der Waals surface area (Å²) in [7, 11) is 0. The van der Waals surface area contributed by atoms with E-state index in [1.807, 2.05) is 24.3 Å². The first kappa shape index (κ1) is 23.5. The van der Waals surface area contributed by atoms with E-state index in [9.17, 15) is 14.4 Å². The van der Waals surface area contributed by atoms with Crippen LogP contribution < -0.4 is 15.5 Å². The number of para-hydroxylation sites is 1. The van der Waals surface area contributed by atoms with Crippen LogP contribution in [0.1, 0.15) is 35.7 Å². The molecule has 0 aromatic heterocycles. The minimum absolute atomic E-state index is 0.0466. The first-order valence-electron chi connectivity index (χ1n) is 10.6. The van der Waals surface area contributed by atoms with Crippen molar-refractivity contribution >= 4 is 58.0 Å². The van der Waals surface area contributed by atoms with Crippen LogP contribution in [0.4, 0.5) is 17.1 Å². The highest BCUT2D eigenvalue weighted by molar-refractivity contribution is 6.53. The van der Waals surface area contributed by atoms with Crippen molar-refractivity contribution in [3.05, 3.63) is 99.7 Å². The van der Waals surface area contributed by atoms with Crippen molar-refractivity contribution in [2.24, 2.45) is 0 Å². The third kappa shape index (κ3) is 4.69. The fourth-order valence-electron chi connectivity index (χ4n) is 3.62. The Hall–Kier alpha value is -3.61. The van der Waals surface area contributed by atoms with Crippen LogP contribution in [-0.2, 0) is 9.59 Å². The number of benzene rings is 3. The molecule has 2 N–H and O–H groups in total. The monoisotopic (exact) mass is 493 g/mol. The predicted octanol–water partition coefficient (Wildman–Crippen LogP) is 6.15. The minimum Gasteiger partial charge on any atom is -0.350 e. The summed E-state index contributed by atoms with van der Waals surface area (Å²) in [6.07, 6.45) is 0. The molecule has 0 spiro atoms. The minimum atomic E-state index is -0.642. The van der Waals surface area contributed by atoms with Crippen molar-refractivity contribution in [1.82, 2.24) is 0 Å². The van der Waals surface area contributed by atoms with Gasteiger partial charge in [0, 0.05) is 22.0 Å². The Balaban J connectivity index is 1.49. The van der Waals surface area contributed by atoms with E-state index < -0.39 is 11.8 Å². The number of carbonyl (C=O) groups is 3. The zero-order chi connectivity index (χ0) is 24.4. The maximum absolute atomic E-state index is 12.9. The summed E-state index contributed by atoms with van der Waals surface area (Å²) in [5.41, 5.74) is 3.03. The largest absolute Gasteiger partial charge is 0.350 e. The van der Waals surface area contributed by atoms with E-state index in [4.69, 9.17) is 23.2 Å². The molecule has 6 nitrogen and oxygen atoms in total. The molecular formula is C26H21Cl2N3O3. The lowest BCUT2D eigenvalue weighted by Crippen LogP contribution is -2.32. The highest BCUT2D eigenvalue weighted by atomic mass is 35.5. The van der Waals surface area contributed by atoms with E-state index in [2.05, 4.69) is 24.5 Å². The summed E-state index contributed by atoms with van der Waals surface area (Å²) in [6, 6.07) is 20.6. The number of hydrogen-bond donors (Lipinski definition) is 2. The summed E-state index contributed by atoms with van der Waals surface area (Å²) in [5, 5.41) is 6.00. The van der Waals surface area contributed by atoms with Gasteiger partial charge in [0.1, 0.15) is 10.7 Å². The van der Waals surface area contributed by atoms with Crippen LogP contribution in [-0.4, -0.2) is 17.7 Å². The van der Waals surface area contributed by atoms with Crippen LogP contribution in [0.2, 0.25) is 5.02 Å². The molecule has 0 atom stereocenters. The first-order chi connectivity index (χ1) is 16.3. The number of nitrogens with zero attached hydrogens (tertiary/aromatic N) is 1. The summed E-state index contributed by atoms with van der Waals surface area (Å²) in [5.74, 6) is -1.23. The number of amides is 3. The van der Waals surface area contributed by atoms with Crippen LogP contribution >= 0.6 is 23.2 Å². The maximum Gasteiger partial charge on any atom is 0.283 e. The van der Waals surface area contributed by atoms with Crippen molar-refractivity contribution in [3.63, 3.8) is 0 Å². The molecule has 172 valence electrons. The van der Waals surface area contributed by atoms with E-state index in [0.29, 0.717) is 22.0 Å². The number of halogens is 2. The molecule has 3 aromatic carbocycles. The molecule has 0 bridgehead atoms. The average Bonchev–Trinajstić information content (AvgIpc) is 3.02. The van der Waals surface area contributed by atoms with Gasteiger partial charge in [-0.2, -0.15) is 0 Å². The summed E-state index contributed by atoms with van der Waals surface area (Å²) in [6.45, 7) is 4.13. The van der Waals surface area contributed by atoms with Gasteiger partial charge in [0.05, 0.1) is 5.69 Å². The molecule has 0 radical (unpaired) electrons. The summed E-state index contributed by atoms with van der Waals surface area (Å²) >= 11 is 12.2. The molecule has 8 heteroatoms. The number of rotatable bonds is 6. The van der Waals surface area contributed by atoms with Gasteiger partial charge in [-0.3, -0.25) is 14.4 Å². The van der Waals surface area contributed by atoms with E-state index in [0.717, 1.165) is 16.2 Å². The smallest absolute Gasteiger partial charge is 0.283 e. The zero-order valence-corrected chi connectivity index (χ0v) is 19.9. The van der Waals surface area contributed by atoms with Gasteiger partial charge in [-0.25, -0.2) is 4.90 Å². The molecule has 3 amide bonds. The standard InChI is InChI=1S/C26H21Cl2N3O3/c1-15(2)20-8-3-4-9-21(20)30-24(32)16-10-12-18(13-11-16)29-23-22(28)25(33)31(26(23)34)19-7-5-6-17(27)14-19/h3-15,29H,1-2H3,(H,30,32). The van der Waals surface area contributed by atoms with Crippen LogP contribution in [0.25, 0.3) is 0 Å². The Labute approximate surface area is 207 Å². The number of carbonyl (C=O) groups excluding carboxylic acids is 3. The predicted molar refractivity (Wildman–Crippen MR) is 135 cm³/mol. The maximum atomic E-state index is 12.9. The van der Waals surface area contributed by atoms with Gasteiger partial charge >= 0.3 is 0 Å². The van der Waals surface area contributed by atoms with Crippen LogP contribution in [0.5, 0.6) is 0 Å². The summed E-state index contributed by atoms with van der Waals surface area (Å²) in [4.78, 5) is 39.2. The van der Waals surface area contributed by atoms with E-state index in [1.54, 1.807) is 42.5 Å². The summed E-state index contributed by atoms with van der Waals surface area (Å²) < 4.78 is 0. The van der Waals surface area contributed by atoms with Crippen molar-refractivity contribution in [3.8, 4) is 0 Å². The molecule has 0 fully saturated rings. The SMILES string of the molecule is CC(C)c1ccccc1NC(=O)c1ccc(NC2=C(Cl)C(=O)N(c3cccc(Cl)c3)C2=O)cc1. The molecule has 0 saturated heterocycles. The number of nitrogens with one attached hydrogen (secondary N) is 2. The Morgan fingerprint density at radius 3 is 2.26 bits per heavy atom. The second-order valence-corrected chi connectivity index (χ2v) is 8.83. The Kier molecular flexibility index (Phi) is 6.72. The van der Waals surface area contributed by atoms with Gasteiger partial charge in [-0.05, 0) is 60.0 Å². The number of anilines is 3. The lowest BCUT2D eigenvalue weighted by Gasteiger charge is -2.15. The molecular weight excluding hydrogens is 473 g/mol. The highest BCUT2D eigenvalue weighted by Gasteiger charge is 2.39. The second-order valence-electron chi connectivity index (χ2n) is 8.01. The molecule has 1 heterocycles. The van der Waals surface area contributed by atoms with Crippen molar-refractivity contribution in [1.29, 1.82) is 0 Å². The number of imide groups is 1. The molecule has 0 saturated carbocycles. The van der Waals surface area contributed by atoms with Crippen LogP contribution in [0, 0.1) is 0 Å². The lowest BCUT2D eigenvalue weighted by atomic mass is 10.0. The molecule has 34 heavy (non-hydrogen) atoms. The normalized spacial score (nSPS) is 13.6. The van der Waals surface area contributed by atoms with Gasteiger partial charge in [0.2, 0.25) is 0 Å². The Morgan fingerprint density at radius 1 is 0.882 bits per heavy atom. The lowest BCUT2D eigenvalue weighted by molar-refractivity contribution is -0.120. The van der Waals surface area contributed by atoms with Gasteiger partial charge in [-0.1, -0.05) is 61.3 Å². The van der Waals surface area contributed by atoms with Gasteiger partial charge in [0.25, 0.3) is 17.7 Å². The Bertz CT molecular complexity index is 1320. The van der Waals surface area contributed by atoms with Crippen molar-refractivity contribution in [2.45, 2.75) is 19.8 Å². The van der Waals surface area contributed by atoms with Crippen LogP contribution in [0.3, 0.4) is 0 Å². The molecule has 0 unspecified atom stereocenters. The highest BCUT2D eigenvalue weighted by Crippen LogP contribution is 2.31. The van der Waals surface area contributed by atoms with Gasteiger partial charge in [0.15, 0.2) is 0 Å². The third-order valence-electron chi connectivity index (χ3n) is 5.34. The van der Waals surface area contributed by atoms with E-state index in [1.165, 1.54) is 6.07 Å². The van der Waals surface area contributed by atoms with Crippen molar-refractivity contribution < 1.29 is 14.4 Å². The van der Waals surface area contributed by atoms with Crippen molar-refractivity contribution in [2.75, 3.05) is 15.5 Å². The molecule has 1 aliphatic heterocycles. The number of hydrogen-bond acceptors (Lipinski definition) is 4. The van der Waals surface area contributed by atoms with Gasteiger partial charge in [-0.15, -0.1) is 0 Å². The first-order valence-corrected chi connectivity index (χ1v) is 11.3. The van der Waals surface area contributed by atoms with E-state index >= 15 is 0 Å². The topological polar surface area (TPSA) is 78.5 Å². The quantitative estimate of drug-likeness (QED) is 0.403. The average molecular weight is 494 g/mol. The fourth-order valence-corrected chi connectivity index (χ4v) is 4.02.